The Morgan fingerprint density at radius 2 is 1.83 bits per heavy atom. The van der Waals surface area contributed by atoms with Crippen LogP contribution in [0.2, 0.25) is 0 Å². The molecular formula is C14H13N3O. The highest BCUT2D eigenvalue weighted by molar-refractivity contribution is 5.81. The molecule has 0 saturated carbocycles. The third kappa shape index (κ3) is 1.59. The van der Waals surface area contributed by atoms with Crippen molar-refractivity contribution < 1.29 is 5.11 Å². The van der Waals surface area contributed by atoms with Gasteiger partial charge < -0.3 is 10.8 Å². The average Bonchev–Trinajstić information content (AvgIpc) is 2.66. The van der Waals surface area contributed by atoms with Gasteiger partial charge in [0.1, 0.15) is 5.75 Å². The van der Waals surface area contributed by atoms with Crippen molar-refractivity contribution in [3.63, 3.8) is 0 Å². The largest absolute Gasteiger partial charge is 0.508 e. The maximum atomic E-state index is 9.32. The molecule has 0 aliphatic heterocycles. The van der Waals surface area contributed by atoms with Gasteiger partial charge in [0.2, 0.25) is 5.95 Å². The van der Waals surface area contributed by atoms with Crippen LogP contribution >= 0.6 is 0 Å². The second-order valence-electron chi connectivity index (χ2n) is 4.31. The van der Waals surface area contributed by atoms with E-state index in [0.717, 1.165) is 22.3 Å². The molecule has 0 amide bonds. The molecular weight excluding hydrogens is 226 g/mol. The van der Waals surface area contributed by atoms with Crippen LogP contribution in [0.25, 0.3) is 16.7 Å². The van der Waals surface area contributed by atoms with Gasteiger partial charge in [0.25, 0.3) is 0 Å². The van der Waals surface area contributed by atoms with Crippen molar-refractivity contribution in [2.75, 3.05) is 5.73 Å². The molecule has 3 rings (SSSR count). The topological polar surface area (TPSA) is 64.1 Å². The van der Waals surface area contributed by atoms with E-state index < -0.39 is 0 Å². The number of aryl methyl sites for hydroxylation is 1. The number of nitrogen functional groups attached to an aromatic ring is 1. The first-order valence-electron chi connectivity index (χ1n) is 5.69. The highest BCUT2D eigenvalue weighted by Gasteiger charge is 2.09. The number of phenolic OH excluding ortho intramolecular Hbond substituents is 1. The molecule has 18 heavy (non-hydrogen) atoms. The van der Waals surface area contributed by atoms with E-state index in [1.54, 1.807) is 12.1 Å². The molecule has 4 nitrogen and oxygen atoms in total. The third-order valence-electron chi connectivity index (χ3n) is 2.94. The number of rotatable bonds is 1. The first-order chi connectivity index (χ1) is 8.65. The lowest BCUT2D eigenvalue weighted by Crippen LogP contribution is -2.00. The fourth-order valence-corrected chi connectivity index (χ4v) is 2.08. The lowest BCUT2D eigenvalue weighted by atomic mass is 10.2. The Bertz CT molecular complexity index is 714. The summed E-state index contributed by atoms with van der Waals surface area (Å²) in [6.45, 7) is 2.03. The zero-order valence-corrected chi connectivity index (χ0v) is 9.96. The van der Waals surface area contributed by atoms with Gasteiger partial charge in [-0.15, -0.1) is 0 Å². The predicted molar refractivity (Wildman–Crippen MR) is 71.9 cm³/mol. The van der Waals surface area contributed by atoms with Crippen molar-refractivity contribution in [3.05, 3.63) is 48.0 Å². The van der Waals surface area contributed by atoms with Gasteiger partial charge in [-0.3, -0.25) is 4.57 Å². The van der Waals surface area contributed by atoms with E-state index in [2.05, 4.69) is 4.98 Å². The molecule has 3 N–H and O–H groups in total. The number of aromatic nitrogens is 2. The molecule has 0 spiro atoms. The summed E-state index contributed by atoms with van der Waals surface area (Å²) in [5, 5.41) is 9.32. The quantitative estimate of drug-likeness (QED) is 0.686. The molecule has 3 aromatic rings. The van der Waals surface area contributed by atoms with E-state index in [1.165, 1.54) is 0 Å². The monoisotopic (exact) mass is 239 g/mol. The highest BCUT2D eigenvalue weighted by Crippen LogP contribution is 2.24. The highest BCUT2D eigenvalue weighted by atomic mass is 16.3. The maximum absolute atomic E-state index is 9.32. The number of aromatic hydroxyl groups is 1. The molecule has 0 unspecified atom stereocenters. The van der Waals surface area contributed by atoms with Gasteiger partial charge in [0.15, 0.2) is 0 Å². The molecule has 1 heterocycles. The Morgan fingerprint density at radius 1 is 1.11 bits per heavy atom. The summed E-state index contributed by atoms with van der Waals surface area (Å²) in [4.78, 5) is 4.33. The summed E-state index contributed by atoms with van der Waals surface area (Å²) in [7, 11) is 0. The van der Waals surface area contributed by atoms with Gasteiger partial charge in [0, 0.05) is 5.69 Å². The molecule has 0 atom stereocenters. The van der Waals surface area contributed by atoms with Crippen LogP contribution in [-0.4, -0.2) is 14.7 Å². The van der Waals surface area contributed by atoms with Gasteiger partial charge in [-0.05, 0) is 48.9 Å². The van der Waals surface area contributed by atoms with E-state index >= 15 is 0 Å². The van der Waals surface area contributed by atoms with Crippen molar-refractivity contribution in [2.24, 2.45) is 0 Å². The predicted octanol–water partition coefficient (Wildman–Crippen LogP) is 2.62. The summed E-state index contributed by atoms with van der Waals surface area (Å²) in [6.07, 6.45) is 0. The van der Waals surface area contributed by atoms with Crippen molar-refractivity contribution in [1.82, 2.24) is 9.55 Å². The van der Waals surface area contributed by atoms with Gasteiger partial charge in [-0.1, -0.05) is 6.07 Å². The Labute approximate surface area is 104 Å². The number of imidazole rings is 1. The van der Waals surface area contributed by atoms with Crippen molar-refractivity contribution in [3.8, 4) is 11.4 Å². The smallest absolute Gasteiger partial charge is 0.205 e. The first kappa shape index (κ1) is 10.7. The maximum Gasteiger partial charge on any atom is 0.205 e. The van der Waals surface area contributed by atoms with Crippen LogP contribution in [0.4, 0.5) is 5.95 Å². The number of nitrogens with zero attached hydrogens (tertiary/aromatic N) is 2. The number of phenols is 1. The molecule has 2 aromatic carbocycles. The van der Waals surface area contributed by atoms with Crippen LogP contribution in [0.1, 0.15) is 5.56 Å². The number of hydrogen-bond acceptors (Lipinski definition) is 3. The summed E-state index contributed by atoms with van der Waals surface area (Å²) < 4.78 is 1.88. The number of anilines is 1. The number of hydrogen-bond donors (Lipinski definition) is 2. The molecule has 0 saturated heterocycles. The fraction of sp³-hybridized carbons (Fsp3) is 0.0714. The van der Waals surface area contributed by atoms with Gasteiger partial charge >= 0.3 is 0 Å². The van der Waals surface area contributed by atoms with Gasteiger partial charge in [-0.2, -0.15) is 0 Å². The van der Waals surface area contributed by atoms with Crippen LogP contribution in [0.3, 0.4) is 0 Å². The normalized spacial score (nSPS) is 10.9. The van der Waals surface area contributed by atoms with Gasteiger partial charge in [0.05, 0.1) is 11.0 Å². The van der Waals surface area contributed by atoms with E-state index in [1.807, 2.05) is 41.8 Å². The zero-order chi connectivity index (χ0) is 12.7. The second-order valence-corrected chi connectivity index (χ2v) is 4.31. The minimum Gasteiger partial charge on any atom is -0.508 e. The van der Waals surface area contributed by atoms with Crippen LogP contribution in [0.15, 0.2) is 42.5 Å². The minimum absolute atomic E-state index is 0.234. The second kappa shape index (κ2) is 3.77. The Kier molecular flexibility index (Phi) is 2.23. The molecule has 4 heteroatoms. The number of fused-ring (bicyclic) bond motifs is 1. The minimum atomic E-state index is 0.234. The fourth-order valence-electron chi connectivity index (χ4n) is 2.08. The summed E-state index contributed by atoms with van der Waals surface area (Å²) in [6, 6.07) is 12.9. The average molecular weight is 239 g/mol. The van der Waals surface area contributed by atoms with Crippen LogP contribution < -0.4 is 5.73 Å². The van der Waals surface area contributed by atoms with Crippen LogP contribution in [-0.2, 0) is 0 Å². The molecule has 0 bridgehead atoms. The van der Waals surface area contributed by atoms with E-state index in [4.69, 9.17) is 5.73 Å². The first-order valence-corrected chi connectivity index (χ1v) is 5.69. The summed E-state index contributed by atoms with van der Waals surface area (Å²) in [5.41, 5.74) is 9.84. The molecule has 0 fully saturated rings. The van der Waals surface area contributed by atoms with E-state index in [0.29, 0.717) is 5.95 Å². The molecule has 1 aromatic heterocycles. The lowest BCUT2D eigenvalue weighted by molar-refractivity contribution is 0.475. The molecule has 0 aliphatic rings. The zero-order valence-electron chi connectivity index (χ0n) is 9.96. The van der Waals surface area contributed by atoms with Crippen molar-refractivity contribution >= 4 is 17.0 Å². The Morgan fingerprint density at radius 3 is 2.56 bits per heavy atom. The lowest BCUT2D eigenvalue weighted by Gasteiger charge is -2.06. The van der Waals surface area contributed by atoms with E-state index in [9.17, 15) is 5.11 Å². The van der Waals surface area contributed by atoms with Crippen LogP contribution in [0, 0.1) is 6.92 Å². The third-order valence-corrected chi connectivity index (χ3v) is 2.94. The van der Waals surface area contributed by atoms with Crippen LogP contribution in [0.5, 0.6) is 5.75 Å². The molecule has 0 radical (unpaired) electrons. The number of benzene rings is 2. The summed E-state index contributed by atoms with van der Waals surface area (Å²) in [5.74, 6) is 0.680. The Balaban J connectivity index is 2.30. The number of nitrogens with two attached hydrogens (primary N) is 1. The van der Waals surface area contributed by atoms with Crippen molar-refractivity contribution in [1.29, 1.82) is 0 Å². The standard InChI is InChI=1S/C14H13N3O/c1-9-2-7-12-13(8-9)17(14(15)16-12)10-3-5-11(18)6-4-10/h2-8,18H,1H3,(H2,15,16). The van der Waals surface area contributed by atoms with Gasteiger partial charge in [-0.25, -0.2) is 4.98 Å². The van der Waals surface area contributed by atoms with Crippen molar-refractivity contribution in [2.45, 2.75) is 6.92 Å². The molecule has 0 aliphatic carbocycles. The van der Waals surface area contributed by atoms with E-state index in [-0.39, 0.29) is 5.75 Å². The summed E-state index contributed by atoms with van der Waals surface area (Å²) >= 11 is 0. The Hall–Kier alpha value is -2.49. The SMILES string of the molecule is Cc1ccc2nc(N)n(-c3ccc(O)cc3)c2c1. The molecule has 90 valence electrons.